The third kappa shape index (κ3) is 6.19. The van der Waals surface area contributed by atoms with E-state index >= 15 is 0 Å². The molecule has 3 aromatic carbocycles. The Morgan fingerprint density at radius 3 is 2.33 bits per heavy atom. The summed E-state index contributed by atoms with van der Waals surface area (Å²) in [6.07, 6.45) is 0.766. The van der Waals surface area contributed by atoms with Crippen LogP contribution in [0.5, 0.6) is 0 Å². The van der Waals surface area contributed by atoms with Crippen molar-refractivity contribution in [2.45, 2.75) is 12.5 Å². The molecule has 1 unspecified atom stereocenters. The van der Waals surface area contributed by atoms with Gasteiger partial charge in [-0.1, -0.05) is 42.5 Å². The van der Waals surface area contributed by atoms with E-state index in [0.29, 0.717) is 12.1 Å². The minimum Gasteiger partial charge on any atom is -0.369 e. The standard InChI is InChI=1S/C27H29N5O/c28-20-22-8-6-21(7-9-22)14-15-30-26(23-4-2-1-3-5-23)27(33)31-24-10-12-25(13-11-24)32-18-16-29-17-19-32/h1-13,26,29-30H,14-19H2,(H,31,33). The van der Waals surface area contributed by atoms with Crippen molar-refractivity contribution in [2.24, 2.45) is 0 Å². The quantitative estimate of drug-likeness (QED) is 0.501. The van der Waals surface area contributed by atoms with E-state index in [1.807, 2.05) is 66.7 Å². The third-order valence-corrected chi connectivity index (χ3v) is 5.86. The second kappa shape index (κ2) is 11.3. The number of benzene rings is 3. The lowest BCUT2D eigenvalue weighted by atomic mass is 10.0. The Bertz CT molecular complexity index is 1070. The summed E-state index contributed by atoms with van der Waals surface area (Å²) in [4.78, 5) is 15.5. The number of amides is 1. The van der Waals surface area contributed by atoms with Gasteiger partial charge in [0.25, 0.3) is 0 Å². The van der Waals surface area contributed by atoms with Crippen LogP contribution in [0.2, 0.25) is 0 Å². The smallest absolute Gasteiger partial charge is 0.246 e. The molecule has 1 atom stereocenters. The van der Waals surface area contributed by atoms with Gasteiger partial charge in [-0.2, -0.15) is 5.26 Å². The molecular weight excluding hydrogens is 410 g/mol. The number of nitrogens with one attached hydrogen (secondary N) is 3. The number of rotatable bonds is 8. The maximum Gasteiger partial charge on any atom is 0.246 e. The molecule has 1 saturated heterocycles. The number of nitrogens with zero attached hydrogens (tertiary/aromatic N) is 2. The Morgan fingerprint density at radius 1 is 0.970 bits per heavy atom. The molecule has 0 aliphatic carbocycles. The van der Waals surface area contributed by atoms with Crippen molar-refractivity contribution in [3.05, 3.63) is 95.6 Å². The summed E-state index contributed by atoms with van der Waals surface area (Å²) in [6.45, 7) is 4.60. The fourth-order valence-electron chi connectivity index (χ4n) is 4.01. The maximum atomic E-state index is 13.2. The second-order valence-corrected chi connectivity index (χ2v) is 8.13. The first-order chi connectivity index (χ1) is 16.2. The highest BCUT2D eigenvalue weighted by Crippen LogP contribution is 2.20. The minimum atomic E-state index is -0.461. The first-order valence-corrected chi connectivity index (χ1v) is 11.4. The molecule has 3 aromatic rings. The molecule has 168 valence electrons. The highest BCUT2D eigenvalue weighted by atomic mass is 16.2. The molecule has 0 saturated carbocycles. The zero-order valence-electron chi connectivity index (χ0n) is 18.6. The Balaban J connectivity index is 1.39. The van der Waals surface area contributed by atoms with Crippen LogP contribution < -0.4 is 20.9 Å². The first kappa shape index (κ1) is 22.5. The predicted molar refractivity (Wildman–Crippen MR) is 132 cm³/mol. The Labute approximate surface area is 195 Å². The number of hydrogen-bond donors (Lipinski definition) is 3. The normalized spacial score (nSPS) is 14.3. The first-order valence-electron chi connectivity index (χ1n) is 11.4. The van der Waals surface area contributed by atoms with Gasteiger partial charge in [0.15, 0.2) is 0 Å². The highest BCUT2D eigenvalue weighted by molar-refractivity contribution is 5.95. The largest absolute Gasteiger partial charge is 0.369 e. The van der Waals surface area contributed by atoms with Crippen molar-refractivity contribution in [1.29, 1.82) is 5.26 Å². The van der Waals surface area contributed by atoms with Crippen LogP contribution in [0.15, 0.2) is 78.9 Å². The minimum absolute atomic E-state index is 0.0871. The van der Waals surface area contributed by atoms with Gasteiger partial charge in [-0.3, -0.25) is 4.79 Å². The van der Waals surface area contributed by atoms with Gasteiger partial charge in [0, 0.05) is 44.1 Å². The number of piperazine rings is 1. The molecule has 4 rings (SSSR count). The summed E-state index contributed by atoms with van der Waals surface area (Å²) in [7, 11) is 0. The molecular formula is C27H29N5O. The van der Waals surface area contributed by atoms with E-state index in [-0.39, 0.29) is 5.91 Å². The summed E-state index contributed by atoms with van der Waals surface area (Å²) in [6, 6.07) is 27.1. The molecule has 1 fully saturated rings. The molecule has 0 spiro atoms. The summed E-state index contributed by atoms with van der Waals surface area (Å²) in [5, 5.41) is 18.8. The molecule has 1 aliphatic rings. The van der Waals surface area contributed by atoms with Crippen LogP contribution in [-0.2, 0) is 11.2 Å². The van der Waals surface area contributed by atoms with Crippen molar-refractivity contribution < 1.29 is 4.79 Å². The number of carbonyl (C=O) groups excluding carboxylic acids is 1. The number of anilines is 2. The molecule has 6 heteroatoms. The second-order valence-electron chi connectivity index (χ2n) is 8.13. The maximum absolute atomic E-state index is 13.2. The van der Waals surface area contributed by atoms with E-state index in [0.717, 1.165) is 49.4 Å². The van der Waals surface area contributed by atoms with Gasteiger partial charge in [-0.15, -0.1) is 0 Å². The van der Waals surface area contributed by atoms with Crippen molar-refractivity contribution >= 4 is 17.3 Å². The van der Waals surface area contributed by atoms with Gasteiger partial charge in [0.2, 0.25) is 5.91 Å². The average Bonchev–Trinajstić information content (AvgIpc) is 2.88. The molecule has 1 aliphatic heterocycles. The zero-order chi connectivity index (χ0) is 22.9. The lowest BCUT2D eigenvalue weighted by Crippen LogP contribution is -2.43. The lowest BCUT2D eigenvalue weighted by Gasteiger charge is -2.29. The predicted octanol–water partition coefficient (Wildman–Crippen LogP) is 3.48. The van der Waals surface area contributed by atoms with Crippen LogP contribution in [0, 0.1) is 11.3 Å². The van der Waals surface area contributed by atoms with Crippen molar-refractivity contribution in [3.8, 4) is 6.07 Å². The number of carbonyl (C=O) groups is 1. The van der Waals surface area contributed by atoms with Crippen LogP contribution in [0.4, 0.5) is 11.4 Å². The Hall–Kier alpha value is -3.66. The highest BCUT2D eigenvalue weighted by Gasteiger charge is 2.20. The third-order valence-electron chi connectivity index (χ3n) is 5.86. The summed E-state index contributed by atoms with van der Waals surface area (Å²) >= 11 is 0. The van der Waals surface area contributed by atoms with Crippen LogP contribution in [0.3, 0.4) is 0 Å². The fraction of sp³-hybridized carbons (Fsp3) is 0.259. The van der Waals surface area contributed by atoms with Crippen molar-refractivity contribution in [2.75, 3.05) is 42.9 Å². The summed E-state index contributed by atoms with van der Waals surface area (Å²) < 4.78 is 0. The Kier molecular flexibility index (Phi) is 7.70. The zero-order valence-corrected chi connectivity index (χ0v) is 18.6. The van der Waals surface area contributed by atoms with Gasteiger partial charge < -0.3 is 20.9 Å². The molecule has 33 heavy (non-hydrogen) atoms. The van der Waals surface area contributed by atoms with Gasteiger partial charge in [-0.05, 0) is 53.9 Å². The van der Waals surface area contributed by atoms with Gasteiger partial charge in [0.05, 0.1) is 11.6 Å². The van der Waals surface area contributed by atoms with E-state index in [4.69, 9.17) is 5.26 Å². The molecule has 0 bridgehead atoms. The lowest BCUT2D eigenvalue weighted by molar-refractivity contribution is -0.118. The van der Waals surface area contributed by atoms with Crippen molar-refractivity contribution in [3.63, 3.8) is 0 Å². The van der Waals surface area contributed by atoms with Crippen LogP contribution in [-0.4, -0.2) is 38.6 Å². The molecule has 0 aromatic heterocycles. The molecule has 1 heterocycles. The van der Waals surface area contributed by atoms with Crippen molar-refractivity contribution in [1.82, 2.24) is 10.6 Å². The SMILES string of the molecule is N#Cc1ccc(CCNC(C(=O)Nc2ccc(N3CCNCC3)cc2)c2ccccc2)cc1. The average molecular weight is 440 g/mol. The fourth-order valence-corrected chi connectivity index (χ4v) is 4.01. The molecule has 1 amide bonds. The van der Waals surface area contributed by atoms with Gasteiger partial charge in [-0.25, -0.2) is 0 Å². The van der Waals surface area contributed by atoms with E-state index in [9.17, 15) is 4.79 Å². The van der Waals surface area contributed by atoms with E-state index in [2.05, 4.69) is 39.1 Å². The van der Waals surface area contributed by atoms with Gasteiger partial charge >= 0.3 is 0 Å². The number of nitriles is 1. The summed E-state index contributed by atoms with van der Waals surface area (Å²) in [5.74, 6) is -0.0871. The van der Waals surface area contributed by atoms with Crippen LogP contribution in [0.25, 0.3) is 0 Å². The molecule has 3 N–H and O–H groups in total. The Morgan fingerprint density at radius 2 is 1.67 bits per heavy atom. The molecule has 0 radical (unpaired) electrons. The molecule has 6 nitrogen and oxygen atoms in total. The summed E-state index contributed by atoms with van der Waals surface area (Å²) in [5.41, 5.74) is 4.66. The number of hydrogen-bond acceptors (Lipinski definition) is 5. The van der Waals surface area contributed by atoms with Crippen LogP contribution in [0.1, 0.15) is 22.7 Å². The van der Waals surface area contributed by atoms with Gasteiger partial charge in [0.1, 0.15) is 6.04 Å². The van der Waals surface area contributed by atoms with E-state index < -0.39 is 6.04 Å². The van der Waals surface area contributed by atoms with Crippen LogP contribution >= 0.6 is 0 Å². The van der Waals surface area contributed by atoms with E-state index in [1.165, 1.54) is 5.69 Å². The van der Waals surface area contributed by atoms with E-state index in [1.54, 1.807) is 0 Å². The topological polar surface area (TPSA) is 80.2 Å². The monoisotopic (exact) mass is 439 g/mol.